The quantitative estimate of drug-likeness (QED) is 0.530. The summed E-state index contributed by atoms with van der Waals surface area (Å²) in [5, 5.41) is 0. The average molecular weight is 304 g/mol. The summed E-state index contributed by atoms with van der Waals surface area (Å²) in [5.74, 6) is -1.77. The Morgan fingerprint density at radius 2 is 1.38 bits per heavy atom. The molecule has 1 unspecified atom stereocenters. The van der Waals surface area contributed by atoms with Crippen molar-refractivity contribution in [2.24, 2.45) is 5.92 Å². The van der Waals surface area contributed by atoms with E-state index in [1.54, 1.807) is 41.5 Å². The monoisotopic (exact) mass is 304 g/mol. The van der Waals surface area contributed by atoms with Crippen molar-refractivity contribution < 1.29 is 29.1 Å². The van der Waals surface area contributed by atoms with Gasteiger partial charge in [0, 0.05) is 0 Å². The van der Waals surface area contributed by atoms with Crippen LogP contribution in [0.1, 0.15) is 67.7 Å². The lowest BCUT2D eigenvalue weighted by molar-refractivity contribution is -0.327. The van der Waals surface area contributed by atoms with Crippen LogP contribution in [0.4, 0.5) is 0 Å². The molecule has 0 saturated carbocycles. The van der Waals surface area contributed by atoms with Gasteiger partial charge in [0.15, 0.2) is 0 Å². The summed E-state index contributed by atoms with van der Waals surface area (Å²) in [4.78, 5) is 43.0. The van der Waals surface area contributed by atoms with E-state index in [0.29, 0.717) is 6.42 Å². The normalized spacial score (nSPS) is 13.7. The van der Waals surface area contributed by atoms with E-state index >= 15 is 0 Å². The highest BCUT2D eigenvalue weighted by Crippen LogP contribution is 2.18. The molecule has 0 aromatic heterocycles. The van der Waals surface area contributed by atoms with Crippen molar-refractivity contribution in [1.29, 1.82) is 0 Å². The van der Waals surface area contributed by atoms with Crippen molar-refractivity contribution in [1.82, 2.24) is 0 Å². The smallest absolute Gasteiger partial charge is 0.298 e. The SMILES string of the molecule is CCCC(CC(=O)OOC(C)(C)C)C(=O)OOC(C)(C)C. The fourth-order valence-corrected chi connectivity index (χ4v) is 1.29. The van der Waals surface area contributed by atoms with Crippen molar-refractivity contribution in [3.8, 4) is 0 Å². The molecule has 0 aromatic rings. The van der Waals surface area contributed by atoms with Crippen molar-refractivity contribution >= 4 is 11.9 Å². The standard InChI is InChI=1S/C15H28O6/c1-8-9-11(13(17)19-21-15(5,6)7)10-12(16)18-20-14(2,3)4/h11H,8-10H2,1-7H3. The highest BCUT2D eigenvalue weighted by Gasteiger charge is 2.27. The first kappa shape index (κ1) is 19.9. The van der Waals surface area contributed by atoms with E-state index in [0.717, 1.165) is 6.42 Å². The summed E-state index contributed by atoms with van der Waals surface area (Å²) in [6, 6.07) is 0. The minimum Gasteiger partial charge on any atom is -0.298 e. The molecule has 0 spiro atoms. The molecule has 0 radical (unpaired) electrons. The summed E-state index contributed by atoms with van der Waals surface area (Å²) in [6.45, 7) is 12.5. The van der Waals surface area contributed by atoms with Crippen LogP contribution in [0.15, 0.2) is 0 Å². The minimum absolute atomic E-state index is 0.101. The van der Waals surface area contributed by atoms with Gasteiger partial charge in [0.25, 0.3) is 0 Å². The second-order valence-electron chi connectivity index (χ2n) is 6.94. The Morgan fingerprint density at radius 1 is 0.905 bits per heavy atom. The minimum atomic E-state index is -0.603. The van der Waals surface area contributed by atoms with E-state index in [4.69, 9.17) is 19.6 Å². The van der Waals surface area contributed by atoms with Crippen LogP contribution >= 0.6 is 0 Å². The molecule has 124 valence electrons. The second kappa shape index (κ2) is 8.34. The molecule has 1 atom stereocenters. The highest BCUT2D eigenvalue weighted by molar-refractivity contribution is 5.79. The van der Waals surface area contributed by atoms with E-state index < -0.39 is 29.1 Å². The van der Waals surface area contributed by atoms with Crippen molar-refractivity contribution in [3.63, 3.8) is 0 Å². The van der Waals surface area contributed by atoms with Crippen LogP contribution in [-0.2, 0) is 29.1 Å². The van der Waals surface area contributed by atoms with E-state index in [1.807, 2.05) is 6.92 Å². The molecule has 0 amide bonds. The van der Waals surface area contributed by atoms with Gasteiger partial charge in [-0.05, 0) is 48.0 Å². The summed E-state index contributed by atoms with van der Waals surface area (Å²) >= 11 is 0. The third-order valence-corrected chi connectivity index (χ3v) is 2.14. The predicted molar refractivity (Wildman–Crippen MR) is 76.9 cm³/mol. The molecule has 21 heavy (non-hydrogen) atoms. The van der Waals surface area contributed by atoms with Crippen molar-refractivity contribution in [3.05, 3.63) is 0 Å². The van der Waals surface area contributed by atoms with Crippen LogP contribution in [0.5, 0.6) is 0 Å². The number of rotatable bonds is 7. The molecular formula is C15H28O6. The highest BCUT2D eigenvalue weighted by atomic mass is 17.2. The molecule has 0 saturated heterocycles. The maximum Gasteiger partial charge on any atom is 0.346 e. The van der Waals surface area contributed by atoms with Gasteiger partial charge < -0.3 is 0 Å². The fourth-order valence-electron chi connectivity index (χ4n) is 1.29. The Balaban J connectivity index is 4.40. The molecule has 0 bridgehead atoms. The first-order valence-corrected chi connectivity index (χ1v) is 7.22. The molecular weight excluding hydrogens is 276 g/mol. The fraction of sp³-hybridized carbons (Fsp3) is 0.867. The Kier molecular flexibility index (Phi) is 7.89. The maximum atomic E-state index is 11.9. The van der Waals surface area contributed by atoms with Gasteiger partial charge in [0.1, 0.15) is 11.2 Å². The largest absolute Gasteiger partial charge is 0.346 e. The molecule has 0 aromatic carbocycles. The number of hydrogen-bond acceptors (Lipinski definition) is 6. The van der Waals surface area contributed by atoms with Crippen LogP contribution in [0, 0.1) is 5.92 Å². The van der Waals surface area contributed by atoms with E-state index in [-0.39, 0.29) is 6.42 Å². The Bertz CT molecular complexity index is 337. The van der Waals surface area contributed by atoms with Gasteiger partial charge in [0.2, 0.25) is 0 Å². The van der Waals surface area contributed by atoms with Gasteiger partial charge in [-0.3, -0.25) is 9.78 Å². The Morgan fingerprint density at radius 3 is 1.81 bits per heavy atom. The molecule has 0 rings (SSSR count). The molecule has 6 nitrogen and oxygen atoms in total. The van der Waals surface area contributed by atoms with Gasteiger partial charge in [-0.1, -0.05) is 13.3 Å². The van der Waals surface area contributed by atoms with Gasteiger partial charge in [0.05, 0.1) is 12.3 Å². The lowest BCUT2D eigenvalue weighted by Crippen LogP contribution is -2.28. The van der Waals surface area contributed by atoms with Gasteiger partial charge in [-0.25, -0.2) is 9.59 Å². The topological polar surface area (TPSA) is 71.1 Å². The first-order chi connectivity index (χ1) is 9.44. The number of carbonyl (C=O) groups is 2. The van der Waals surface area contributed by atoms with Crippen LogP contribution in [0.3, 0.4) is 0 Å². The van der Waals surface area contributed by atoms with Crippen LogP contribution in [-0.4, -0.2) is 23.1 Å². The number of carbonyl (C=O) groups excluding carboxylic acids is 2. The summed E-state index contributed by atoms with van der Waals surface area (Å²) < 4.78 is 0. The molecule has 6 heteroatoms. The third kappa shape index (κ3) is 11.2. The van der Waals surface area contributed by atoms with Crippen LogP contribution in [0.2, 0.25) is 0 Å². The average Bonchev–Trinajstić information content (AvgIpc) is 2.31. The van der Waals surface area contributed by atoms with Crippen molar-refractivity contribution in [2.45, 2.75) is 78.9 Å². The van der Waals surface area contributed by atoms with Gasteiger partial charge in [-0.15, -0.1) is 0 Å². The molecule has 0 aliphatic rings. The Hall–Kier alpha value is -1.14. The molecule has 0 aliphatic carbocycles. The van der Waals surface area contributed by atoms with Crippen molar-refractivity contribution in [2.75, 3.05) is 0 Å². The van der Waals surface area contributed by atoms with Gasteiger partial charge >= 0.3 is 11.9 Å². The van der Waals surface area contributed by atoms with E-state index in [1.165, 1.54) is 0 Å². The summed E-state index contributed by atoms with van der Waals surface area (Å²) in [6.07, 6.45) is 1.15. The Labute approximate surface area is 126 Å². The zero-order valence-corrected chi connectivity index (χ0v) is 14.1. The predicted octanol–water partition coefficient (Wildman–Crippen LogP) is 3.34. The maximum absolute atomic E-state index is 11.9. The van der Waals surface area contributed by atoms with E-state index in [9.17, 15) is 9.59 Å². The van der Waals surface area contributed by atoms with Crippen LogP contribution < -0.4 is 0 Å². The zero-order chi connectivity index (χ0) is 16.7. The molecule has 0 N–H and O–H groups in total. The van der Waals surface area contributed by atoms with Crippen LogP contribution in [0.25, 0.3) is 0 Å². The zero-order valence-electron chi connectivity index (χ0n) is 14.1. The first-order valence-electron chi connectivity index (χ1n) is 7.22. The molecule has 0 aliphatic heterocycles. The second-order valence-corrected chi connectivity index (χ2v) is 6.94. The third-order valence-electron chi connectivity index (χ3n) is 2.14. The molecule has 0 heterocycles. The lowest BCUT2D eigenvalue weighted by Gasteiger charge is -2.20. The van der Waals surface area contributed by atoms with E-state index in [2.05, 4.69) is 0 Å². The molecule has 0 fully saturated rings. The summed E-state index contributed by atoms with van der Waals surface area (Å²) in [5.41, 5.74) is -1.19. The summed E-state index contributed by atoms with van der Waals surface area (Å²) in [7, 11) is 0. The number of hydrogen-bond donors (Lipinski definition) is 0. The van der Waals surface area contributed by atoms with Gasteiger partial charge in [-0.2, -0.15) is 9.78 Å². The lowest BCUT2D eigenvalue weighted by atomic mass is 10.0.